The van der Waals surface area contributed by atoms with Crippen molar-refractivity contribution in [3.05, 3.63) is 64.7 Å². The van der Waals surface area contributed by atoms with Crippen LogP contribution in [0.15, 0.2) is 48.5 Å². The number of aliphatic hydroxyl groups is 1. The fourth-order valence-electron chi connectivity index (χ4n) is 3.12. The van der Waals surface area contributed by atoms with E-state index in [9.17, 15) is 5.11 Å². The second kappa shape index (κ2) is 5.36. The monoisotopic (exact) mass is 302 g/mol. The van der Waals surface area contributed by atoms with Crippen LogP contribution in [0.3, 0.4) is 0 Å². The molecule has 1 N–H and O–H groups in total. The molecule has 0 aliphatic carbocycles. The van der Waals surface area contributed by atoms with Gasteiger partial charge in [-0.1, -0.05) is 55.8 Å². The number of halogens is 1. The summed E-state index contributed by atoms with van der Waals surface area (Å²) in [6.45, 7) is 4.20. The van der Waals surface area contributed by atoms with Gasteiger partial charge >= 0.3 is 0 Å². The summed E-state index contributed by atoms with van der Waals surface area (Å²) in [6, 6.07) is 15.3. The van der Waals surface area contributed by atoms with E-state index in [2.05, 4.69) is 13.8 Å². The van der Waals surface area contributed by atoms with Crippen LogP contribution in [0, 0.1) is 5.92 Å². The quantitative estimate of drug-likeness (QED) is 0.890. The number of hydrogen-bond acceptors (Lipinski definition) is 2. The maximum atomic E-state index is 11.4. The number of rotatable bonds is 3. The summed E-state index contributed by atoms with van der Waals surface area (Å²) < 4.78 is 6.06. The molecule has 0 bridgehead atoms. The average Bonchev–Trinajstić information content (AvgIpc) is 2.72. The van der Waals surface area contributed by atoms with Crippen molar-refractivity contribution in [2.45, 2.75) is 32.0 Å². The van der Waals surface area contributed by atoms with Gasteiger partial charge in [-0.25, -0.2) is 0 Å². The summed E-state index contributed by atoms with van der Waals surface area (Å²) >= 11 is 6.11. The van der Waals surface area contributed by atoms with E-state index in [1.807, 2.05) is 42.5 Å². The molecule has 1 aliphatic rings. The molecule has 2 aromatic rings. The lowest BCUT2D eigenvalue weighted by atomic mass is 9.80. The van der Waals surface area contributed by atoms with E-state index in [1.165, 1.54) is 0 Å². The summed E-state index contributed by atoms with van der Waals surface area (Å²) in [5.41, 5.74) is 0.723. The Morgan fingerprint density at radius 2 is 1.90 bits per heavy atom. The molecule has 0 radical (unpaired) electrons. The molecule has 0 unspecified atom stereocenters. The second-order valence-corrected chi connectivity index (χ2v) is 6.51. The van der Waals surface area contributed by atoms with E-state index in [-0.39, 0.29) is 0 Å². The third-order valence-electron chi connectivity index (χ3n) is 3.91. The minimum absolute atomic E-state index is 0.342. The van der Waals surface area contributed by atoms with Gasteiger partial charge in [0.15, 0.2) is 6.10 Å². The molecule has 0 saturated heterocycles. The van der Waals surface area contributed by atoms with Crippen LogP contribution in [0.5, 0.6) is 5.75 Å². The Bertz CT molecular complexity index is 639. The van der Waals surface area contributed by atoms with Gasteiger partial charge in [-0.2, -0.15) is 0 Å². The van der Waals surface area contributed by atoms with Crippen LogP contribution in [0.25, 0.3) is 0 Å². The third-order valence-corrected chi connectivity index (χ3v) is 4.14. The van der Waals surface area contributed by atoms with Gasteiger partial charge in [0.2, 0.25) is 0 Å². The largest absolute Gasteiger partial charge is 0.482 e. The third kappa shape index (κ3) is 2.54. The molecule has 1 heterocycles. The van der Waals surface area contributed by atoms with E-state index in [0.29, 0.717) is 17.4 Å². The van der Waals surface area contributed by atoms with Gasteiger partial charge in [-0.15, -0.1) is 0 Å². The highest BCUT2D eigenvalue weighted by Crippen LogP contribution is 2.52. The molecule has 1 aliphatic heterocycles. The molecule has 21 heavy (non-hydrogen) atoms. The topological polar surface area (TPSA) is 29.5 Å². The summed E-state index contributed by atoms with van der Waals surface area (Å²) in [5, 5.41) is 12.0. The predicted molar refractivity (Wildman–Crippen MR) is 84.6 cm³/mol. The first-order valence-electron chi connectivity index (χ1n) is 7.24. The molecule has 110 valence electrons. The van der Waals surface area contributed by atoms with Crippen LogP contribution in [-0.2, 0) is 5.60 Å². The Morgan fingerprint density at radius 1 is 1.19 bits per heavy atom. The van der Waals surface area contributed by atoms with Gasteiger partial charge in [0.25, 0.3) is 0 Å². The lowest BCUT2D eigenvalue weighted by molar-refractivity contribution is -0.0569. The Hall–Kier alpha value is -1.51. The predicted octanol–water partition coefficient (Wildman–Crippen LogP) is 4.71. The van der Waals surface area contributed by atoms with Gasteiger partial charge in [0.1, 0.15) is 11.4 Å². The van der Waals surface area contributed by atoms with Gasteiger partial charge in [0.05, 0.1) is 0 Å². The smallest absolute Gasteiger partial charge is 0.157 e. The van der Waals surface area contributed by atoms with E-state index in [4.69, 9.17) is 16.3 Å². The van der Waals surface area contributed by atoms with Crippen molar-refractivity contribution >= 4 is 11.6 Å². The lowest BCUT2D eigenvalue weighted by Gasteiger charge is -2.31. The van der Waals surface area contributed by atoms with Crippen molar-refractivity contribution in [3.8, 4) is 5.75 Å². The minimum Gasteiger partial charge on any atom is -0.482 e. The zero-order chi connectivity index (χ0) is 15.0. The summed E-state index contributed by atoms with van der Waals surface area (Å²) in [5.74, 6) is 1.06. The molecule has 3 heteroatoms. The van der Waals surface area contributed by atoms with Gasteiger partial charge in [-0.3, -0.25) is 0 Å². The second-order valence-electron chi connectivity index (χ2n) is 6.07. The Balaban J connectivity index is 2.10. The Morgan fingerprint density at radius 3 is 2.57 bits per heavy atom. The maximum absolute atomic E-state index is 11.4. The molecular formula is C18H19ClO2. The Kier molecular flexibility index (Phi) is 3.68. The molecule has 2 aromatic carbocycles. The lowest BCUT2D eigenvalue weighted by Crippen LogP contribution is -2.33. The van der Waals surface area contributed by atoms with Crippen molar-refractivity contribution in [1.82, 2.24) is 0 Å². The van der Waals surface area contributed by atoms with Crippen LogP contribution in [0.2, 0.25) is 5.02 Å². The van der Waals surface area contributed by atoms with E-state index >= 15 is 0 Å². The Labute approximate surface area is 130 Å². The van der Waals surface area contributed by atoms with Crippen molar-refractivity contribution < 1.29 is 9.84 Å². The minimum atomic E-state index is -1.05. The average molecular weight is 303 g/mol. The summed E-state index contributed by atoms with van der Waals surface area (Å²) in [6.07, 6.45) is 0.231. The van der Waals surface area contributed by atoms with Crippen molar-refractivity contribution in [2.24, 2.45) is 5.92 Å². The van der Waals surface area contributed by atoms with Crippen LogP contribution in [0.4, 0.5) is 0 Å². The van der Waals surface area contributed by atoms with E-state index in [0.717, 1.165) is 16.9 Å². The number of fused-ring (bicyclic) bond motifs is 1. The molecule has 0 saturated carbocycles. The fourth-order valence-corrected chi connectivity index (χ4v) is 3.29. The zero-order valence-corrected chi connectivity index (χ0v) is 13.0. The first-order chi connectivity index (χ1) is 10.0. The highest BCUT2D eigenvalue weighted by atomic mass is 35.5. The van der Waals surface area contributed by atoms with Gasteiger partial charge < -0.3 is 9.84 Å². The highest BCUT2D eigenvalue weighted by Gasteiger charge is 2.48. The molecule has 2 nitrogen and oxygen atoms in total. The normalized spacial score (nSPS) is 24.0. The molecule has 0 fully saturated rings. The molecule has 0 spiro atoms. The van der Waals surface area contributed by atoms with Crippen LogP contribution >= 0.6 is 11.6 Å². The summed E-state index contributed by atoms with van der Waals surface area (Å²) in [7, 11) is 0. The van der Waals surface area contributed by atoms with Crippen molar-refractivity contribution in [1.29, 1.82) is 0 Å². The van der Waals surface area contributed by atoms with E-state index < -0.39 is 11.7 Å². The van der Waals surface area contributed by atoms with Crippen LogP contribution < -0.4 is 4.74 Å². The van der Waals surface area contributed by atoms with Crippen molar-refractivity contribution in [3.63, 3.8) is 0 Å². The van der Waals surface area contributed by atoms with Crippen molar-refractivity contribution in [2.75, 3.05) is 0 Å². The zero-order valence-electron chi connectivity index (χ0n) is 12.2. The van der Waals surface area contributed by atoms with Crippen LogP contribution in [-0.4, -0.2) is 5.11 Å². The standard InChI is InChI=1S/C18H19ClO2/c1-12(2)11-18(20)15-10-14(19)8-9-16(15)21-17(18)13-6-4-3-5-7-13/h3-10,12,17,20H,11H2,1-2H3/t17-,18+/m1/s1. The SMILES string of the molecule is CC(C)C[C@]1(O)c2cc(Cl)ccc2O[C@@H]1c1ccccc1. The van der Waals surface area contributed by atoms with Gasteiger partial charge in [-0.05, 0) is 36.1 Å². The maximum Gasteiger partial charge on any atom is 0.157 e. The molecule has 2 atom stereocenters. The first kappa shape index (κ1) is 14.4. The highest BCUT2D eigenvalue weighted by molar-refractivity contribution is 6.30. The first-order valence-corrected chi connectivity index (χ1v) is 7.62. The number of hydrogen-bond donors (Lipinski definition) is 1. The van der Waals surface area contributed by atoms with Crippen LogP contribution in [0.1, 0.15) is 37.5 Å². The molecular weight excluding hydrogens is 284 g/mol. The molecule has 0 aromatic heterocycles. The molecule has 3 rings (SSSR count). The number of benzene rings is 2. The van der Waals surface area contributed by atoms with E-state index in [1.54, 1.807) is 6.07 Å². The van der Waals surface area contributed by atoms with Gasteiger partial charge in [0, 0.05) is 10.6 Å². The summed E-state index contributed by atoms with van der Waals surface area (Å²) in [4.78, 5) is 0. The fraction of sp³-hybridized carbons (Fsp3) is 0.333. The number of ether oxygens (including phenoxy) is 1. The molecule has 0 amide bonds.